The van der Waals surface area contributed by atoms with E-state index in [4.69, 9.17) is 35.1 Å². The molecular weight excluding hydrogens is 1240 g/mol. The number of carboxylic acids is 1. The number of ether oxygens (including phenoxy) is 3. The van der Waals surface area contributed by atoms with Crippen molar-refractivity contribution in [3.63, 3.8) is 0 Å². The molecule has 0 aliphatic carbocycles. The number of alkyl halides is 1. The molecule has 16 heteroatoms. The lowest BCUT2D eigenvalue weighted by Gasteiger charge is -2.20. The number of halogens is 1. The number of benzene rings is 8. The average molecular weight is 1350 g/mol. The molecule has 2 heterocycles. The van der Waals surface area contributed by atoms with E-state index in [1.165, 1.54) is 12.1 Å². The van der Waals surface area contributed by atoms with Crippen molar-refractivity contribution in [1.82, 2.24) is 19.1 Å². The van der Waals surface area contributed by atoms with Gasteiger partial charge in [-0.1, -0.05) is 260 Å². The second-order valence-electron chi connectivity index (χ2n) is 16.8. The highest BCUT2D eigenvalue weighted by Crippen LogP contribution is 2.35. The Balaban J connectivity index is -0.00000110. The maximum atomic E-state index is 12.6. The predicted octanol–water partition coefficient (Wildman–Crippen LogP) is 21.2. The zero-order chi connectivity index (χ0) is 72.0. The van der Waals surface area contributed by atoms with Crippen LogP contribution in [0.25, 0.3) is 44.8 Å². The molecule has 8 aromatic carbocycles. The second kappa shape index (κ2) is 55.2. The van der Waals surface area contributed by atoms with Crippen LogP contribution in [0.3, 0.4) is 0 Å². The van der Waals surface area contributed by atoms with Crippen LogP contribution in [0.4, 0.5) is 11.4 Å². The number of phenolic OH excluding ortho intramolecular Hbond substituents is 1. The number of rotatable bonds is 12. The molecule has 2 unspecified atom stereocenters. The van der Waals surface area contributed by atoms with E-state index in [9.17, 15) is 19.5 Å². The van der Waals surface area contributed by atoms with Gasteiger partial charge in [-0.2, -0.15) is 0 Å². The van der Waals surface area contributed by atoms with E-state index < -0.39 is 18.0 Å². The number of para-hydroxylation sites is 9. The Labute approximate surface area is 571 Å². The summed E-state index contributed by atoms with van der Waals surface area (Å²) in [5.74, 6) is 0.417. The number of nitrogen functional groups attached to an aromatic ring is 1. The second-order valence-corrected chi connectivity index (χ2v) is 17.7. The number of aromatic hydroxyl groups is 2. The molecule has 10 rings (SSSR count). The van der Waals surface area contributed by atoms with Crippen LogP contribution in [0.15, 0.2) is 206 Å². The number of hydrogen-bond donors (Lipinski definition) is 5. The summed E-state index contributed by atoms with van der Waals surface area (Å²) in [5, 5.41) is 30.1. The minimum atomic E-state index is -1.11. The van der Waals surface area contributed by atoms with Gasteiger partial charge in [0, 0.05) is 26.7 Å². The van der Waals surface area contributed by atoms with Gasteiger partial charge in [0.1, 0.15) is 39.3 Å². The molecule has 10 aromatic rings. The summed E-state index contributed by atoms with van der Waals surface area (Å²) in [4.78, 5) is 43.1. The first-order valence-corrected chi connectivity index (χ1v) is 33.7. The number of carbonyl (C=O) groups excluding carboxylic acids is 2. The fraction of sp³-hybridized carbons (Fsp3) is 0.321. The summed E-state index contributed by atoms with van der Waals surface area (Å²) in [6.07, 6.45) is -0.855. The number of anilines is 2. The summed E-state index contributed by atoms with van der Waals surface area (Å²) in [5.41, 5.74) is 14.4. The molecule has 0 fully saturated rings. The van der Waals surface area contributed by atoms with Gasteiger partial charge < -0.3 is 49.7 Å². The van der Waals surface area contributed by atoms with E-state index in [0.29, 0.717) is 12.4 Å². The molecule has 0 aliphatic heterocycles. The predicted molar refractivity (Wildman–Crippen MR) is 401 cm³/mol. The fourth-order valence-corrected chi connectivity index (χ4v) is 8.20. The third-order valence-corrected chi connectivity index (χ3v) is 12.5. The van der Waals surface area contributed by atoms with E-state index in [0.717, 1.165) is 67.3 Å². The van der Waals surface area contributed by atoms with Gasteiger partial charge in [0.2, 0.25) is 6.10 Å². The van der Waals surface area contributed by atoms with Crippen LogP contribution in [0.1, 0.15) is 157 Å². The maximum Gasteiger partial charge on any atom is 0.352 e. The monoisotopic (exact) mass is 1350 g/mol. The normalized spacial score (nSPS) is 9.68. The van der Waals surface area contributed by atoms with Crippen molar-refractivity contribution in [2.45, 2.75) is 136 Å². The Kier molecular flexibility index (Phi) is 52.2. The van der Waals surface area contributed by atoms with Gasteiger partial charge in [0.25, 0.3) is 0 Å². The number of nitrogens with one attached hydrogen (secondary N) is 1. The van der Waals surface area contributed by atoms with Crippen molar-refractivity contribution in [1.29, 1.82) is 0 Å². The molecule has 2 aromatic heterocycles. The summed E-state index contributed by atoms with van der Waals surface area (Å²) in [6.45, 7) is 36.3. The highest BCUT2D eigenvalue weighted by atomic mass is 79.9. The van der Waals surface area contributed by atoms with Crippen molar-refractivity contribution >= 4 is 67.3 Å². The Bertz CT molecular complexity index is 3540. The number of nitrogens with zero attached hydrogens (tertiary/aromatic N) is 4. The first kappa shape index (κ1) is 88.8. The highest BCUT2D eigenvalue weighted by Gasteiger charge is 2.26. The van der Waals surface area contributed by atoms with Crippen LogP contribution >= 0.6 is 15.9 Å². The number of imidazole rings is 2. The standard InChI is InChI=1S/C24H22N2O3.C14H12N2O.C10H11BrO2.C7H10N2.C7H6O3.8C2H6/c1-3-28-24(27)22(17-11-5-4-6-12-17)29-21-16-10-7-13-18(21)23-25-19-14-8-9-15-20(19)26(23)2;1-16-12-8-4-3-7-11(12)15-14(16)10-6-2-5-9-13(10)17;1-2-13-10(12)9(11)8-6-4-3-5-7-8;1-9-7-5-3-2-4-6(7)8;8-6-4-2-1-3-5(6)7(9)10;8*1-2/h4-16,22H,3H2,1-2H3;2-9,17H,1H3;3-7,9H,2H2,1H3;2-5,9H,8H2,1H3;1-4,8H,(H,9,10);8*1-2H3. The van der Waals surface area contributed by atoms with Gasteiger partial charge in [0.05, 0.1) is 57.8 Å². The van der Waals surface area contributed by atoms with Crippen LogP contribution in [-0.4, -0.2) is 72.6 Å². The van der Waals surface area contributed by atoms with Gasteiger partial charge in [-0.25, -0.2) is 19.6 Å². The van der Waals surface area contributed by atoms with Gasteiger partial charge in [-0.3, -0.25) is 4.79 Å². The summed E-state index contributed by atoms with van der Waals surface area (Å²) in [7, 11) is 5.78. The number of carbonyl (C=O) groups is 3. The van der Waals surface area contributed by atoms with Crippen LogP contribution in [0.5, 0.6) is 17.2 Å². The quantitative estimate of drug-likeness (QED) is 0.0438. The van der Waals surface area contributed by atoms with E-state index in [2.05, 4.69) is 26.2 Å². The molecular formula is C78H109BrN6O9. The maximum absolute atomic E-state index is 12.6. The van der Waals surface area contributed by atoms with Crippen molar-refractivity contribution in [2.24, 2.45) is 14.1 Å². The third kappa shape index (κ3) is 29.5. The molecule has 0 radical (unpaired) electrons. The molecule has 512 valence electrons. The summed E-state index contributed by atoms with van der Waals surface area (Å²) >= 11 is 3.28. The summed E-state index contributed by atoms with van der Waals surface area (Å²) in [6, 6.07) is 63.1. The molecule has 0 amide bonds. The topological polar surface area (TPSA) is 213 Å². The van der Waals surface area contributed by atoms with Gasteiger partial charge in [0.15, 0.2) is 0 Å². The van der Waals surface area contributed by atoms with Crippen molar-refractivity contribution in [2.75, 3.05) is 31.3 Å². The molecule has 0 saturated heterocycles. The third-order valence-electron chi connectivity index (χ3n) is 11.6. The minimum absolute atomic E-state index is 0.0671. The number of aromatic nitrogens is 4. The molecule has 0 saturated carbocycles. The van der Waals surface area contributed by atoms with Crippen LogP contribution in [0.2, 0.25) is 0 Å². The molecule has 94 heavy (non-hydrogen) atoms. The molecule has 0 spiro atoms. The lowest BCUT2D eigenvalue weighted by molar-refractivity contribution is -0.151. The van der Waals surface area contributed by atoms with E-state index >= 15 is 0 Å². The van der Waals surface area contributed by atoms with Gasteiger partial charge in [-0.15, -0.1) is 0 Å². The molecule has 0 bridgehead atoms. The van der Waals surface area contributed by atoms with Crippen molar-refractivity contribution in [3.05, 3.63) is 223 Å². The Morgan fingerprint density at radius 3 is 1.27 bits per heavy atom. The van der Waals surface area contributed by atoms with E-state index in [-0.39, 0.29) is 34.5 Å². The number of esters is 2. The van der Waals surface area contributed by atoms with Crippen molar-refractivity contribution < 1.29 is 43.9 Å². The highest BCUT2D eigenvalue weighted by molar-refractivity contribution is 9.09. The number of nitrogens with two attached hydrogens (primary N) is 1. The fourth-order valence-electron chi connectivity index (χ4n) is 7.77. The first-order valence-electron chi connectivity index (χ1n) is 32.8. The molecule has 15 nitrogen and oxygen atoms in total. The van der Waals surface area contributed by atoms with Crippen LogP contribution < -0.4 is 15.8 Å². The number of phenols is 2. The zero-order valence-electron chi connectivity index (χ0n) is 59.7. The Morgan fingerprint density at radius 1 is 0.479 bits per heavy atom. The number of aryl methyl sites for hydroxylation is 2. The van der Waals surface area contributed by atoms with Gasteiger partial charge >= 0.3 is 17.9 Å². The lowest BCUT2D eigenvalue weighted by atomic mass is 10.1. The Hall–Kier alpha value is -9.41. The smallest absolute Gasteiger partial charge is 0.352 e. The van der Waals surface area contributed by atoms with E-state index in [1.54, 1.807) is 32.0 Å². The van der Waals surface area contributed by atoms with Crippen molar-refractivity contribution in [3.8, 4) is 40.0 Å². The number of carboxylic acid groups (broad SMARTS) is 1. The SMILES string of the molecule is CC.CC.CC.CC.CC.CC.CC.CC.CCOC(=O)C(Br)c1ccccc1.CCOC(=O)C(Oc1ccccc1-c1nc2ccccc2n1C)c1ccccc1.CNc1ccccc1N.Cn1c(-c2ccccc2O)nc2ccccc21.O=C(O)c1ccccc1O. The Morgan fingerprint density at radius 2 is 0.851 bits per heavy atom. The molecule has 2 atom stereocenters. The van der Waals surface area contributed by atoms with Gasteiger partial charge in [-0.05, 0) is 92.2 Å². The lowest BCUT2D eigenvalue weighted by Crippen LogP contribution is -2.21. The van der Waals surface area contributed by atoms with Crippen LogP contribution in [-0.2, 0) is 33.2 Å². The summed E-state index contributed by atoms with van der Waals surface area (Å²) < 4.78 is 20.4. The van der Waals surface area contributed by atoms with E-state index in [1.807, 2.05) is 317 Å². The number of hydrogen-bond acceptors (Lipinski definition) is 12. The zero-order valence-corrected chi connectivity index (χ0v) is 61.3. The number of aromatic carboxylic acids is 1. The molecule has 6 N–H and O–H groups in total. The van der Waals surface area contributed by atoms with Crippen LogP contribution in [0, 0.1) is 0 Å². The molecule has 0 aliphatic rings. The minimum Gasteiger partial charge on any atom is -0.507 e. The largest absolute Gasteiger partial charge is 0.507 e. The first-order chi connectivity index (χ1) is 45.8. The average Bonchev–Trinajstić information content (AvgIpc) is 1.64. The number of fused-ring (bicyclic) bond motifs is 2.